The summed E-state index contributed by atoms with van der Waals surface area (Å²) in [6, 6.07) is 6.04. The van der Waals surface area contributed by atoms with Gasteiger partial charge in [0, 0.05) is 52.2 Å². The number of aromatic amines is 1. The van der Waals surface area contributed by atoms with E-state index in [-0.39, 0.29) is 5.56 Å². The fourth-order valence-electron chi connectivity index (χ4n) is 4.90. The zero-order valence-corrected chi connectivity index (χ0v) is 22.5. The summed E-state index contributed by atoms with van der Waals surface area (Å²) in [6.07, 6.45) is 4.58. The van der Waals surface area contributed by atoms with E-state index in [0.29, 0.717) is 40.7 Å². The van der Waals surface area contributed by atoms with Gasteiger partial charge in [0.1, 0.15) is 17.1 Å². The lowest BCUT2D eigenvalue weighted by Crippen LogP contribution is -2.46. The molecule has 1 aliphatic heterocycles. The molecule has 1 aliphatic rings. The fraction of sp³-hybridized carbons (Fsp3) is 0.407. The highest BCUT2D eigenvalue weighted by Gasteiger charge is 2.21. The van der Waals surface area contributed by atoms with Crippen LogP contribution in [-0.4, -0.2) is 73.3 Å². The van der Waals surface area contributed by atoms with Crippen molar-refractivity contribution >= 4 is 22.9 Å². The van der Waals surface area contributed by atoms with Crippen molar-refractivity contribution in [3.8, 4) is 17.1 Å². The van der Waals surface area contributed by atoms with E-state index < -0.39 is 5.91 Å². The SMILES string of the molecule is CCCc1nn(C)c2c(=O)[nH]c(-c3cc(CN4CCN(c5ncc(C(N)=O)cn5)CC4)ccc3OCC)nc12. The minimum Gasteiger partial charge on any atom is -0.493 e. The lowest BCUT2D eigenvalue weighted by Gasteiger charge is -2.34. The largest absolute Gasteiger partial charge is 0.493 e. The highest BCUT2D eigenvalue weighted by atomic mass is 16.5. The van der Waals surface area contributed by atoms with Crippen LogP contribution in [0.1, 0.15) is 41.9 Å². The van der Waals surface area contributed by atoms with Gasteiger partial charge in [-0.25, -0.2) is 15.0 Å². The maximum absolute atomic E-state index is 13.0. The molecule has 1 aromatic carbocycles. The lowest BCUT2D eigenvalue weighted by molar-refractivity contribution is 0.0999. The fourth-order valence-corrected chi connectivity index (χ4v) is 4.90. The van der Waals surface area contributed by atoms with E-state index in [4.69, 9.17) is 15.5 Å². The van der Waals surface area contributed by atoms with Crippen molar-refractivity contribution in [2.24, 2.45) is 12.8 Å². The summed E-state index contributed by atoms with van der Waals surface area (Å²) in [5, 5.41) is 4.53. The Balaban J connectivity index is 1.37. The molecule has 4 aromatic rings. The van der Waals surface area contributed by atoms with E-state index in [1.165, 1.54) is 12.4 Å². The Labute approximate surface area is 225 Å². The van der Waals surface area contributed by atoms with Crippen LogP contribution in [0.5, 0.6) is 5.75 Å². The molecule has 3 N–H and O–H groups in total. The number of ether oxygens (including phenoxy) is 1. The molecule has 204 valence electrons. The Bertz CT molecular complexity index is 1540. The lowest BCUT2D eigenvalue weighted by atomic mass is 10.1. The molecule has 0 saturated carbocycles. The summed E-state index contributed by atoms with van der Waals surface area (Å²) in [4.78, 5) is 45.2. The number of H-pyrrole nitrogens is 1. The van der Waals surface area contributed by atoms with Gasteiger partial charge in [0.15, 0.2) is 5.52 Å². The Morgan fingerprint density at radius 1 is 1.13 bits per heavy atom. The molecule has 0 spiro atoms. The second kappa shape index (κ2) is 11.2. The second-order valence-corrected chi connectivity index (χ2v) is 9.59. The van der Waals surface area contributed by atoms with Crippen molar-refractivity contribution in [2.45, 2.75) is 33.2 Å². The van der Waals surface area contributed by atoms with Crippen LogP contribution in [0.2, 0.25) is 0 Å². The molecule has 0 radical (unpaired) electrons. The van der Waals surface area contributed by atoms with Crippen LogP contribution < -0.4 is 20.9 Å². The minimum absolute atomic E-state index is 0.220. The molecule has 1 amide bonds. The summed E-state index contributed by atoms with van der Waals surface area (Å²) in [5.74, 6) is 1.20. The first-order valence-corrected chi connectivity index (χ1v) is 13.2. The van der Waals surface area contributed by atoms with Gasteiger partial charge >= 0.3 is 0 Å². The smallest absolute Gasteiger partial charge is 0.277 e. The third kappa shape index (κ3) is 5.46. The van der Waals surface area contributed by atoms with Gasteiger partial charge in [-0.05, 0) is 31.0 Å². The third-order valence-electron chi connectivity index (χ3n) is 6.83. The zero-order valence-electron chi connectivity index (χ0n) is 22.5. The molecule has 3 aromatic heterocycles. The number of nitrogens with two attached hydrogens (primary N) is 1. The molecule has 0 bridgehead atoms. The van der Waals surface area contributed by atoms with Crippen LogP contribution in [0.4, 0.5) is 5.95 Å². The van der Waals surface area contributed by atoms with Crippen LogP contribution in [0.25, 0.3) is 22.4 Å². The molecule has 5 rings (SSSR count). The van der Waals surface area contributed by atoms with Crippen molar-refractivity contribution in [2.75, 3.05) is 37.7 Å². The molecule has 39 heavy (non-hydrogen) atoms. The van der Waals surface area contributed by atoms with Crippen molar-refractivity contribution in [3.05, 3.63) is 57.8 Å². The first kappa shape index (κ1) is 26.3. The van der Waals surface area contributed by atoms with Crippen LogP contribution in [0.3, 0.4) is 0 Å². The molecule has 1 fully saturated rings. The number of aromatic nitrogens is 6. The zero-order chi connectivity index (χ0) is 27.5. The van der Waals surface area contributed by atoms with Crippen molar-refractivity contribution in [1.82, 2.24) is 34.6 Å². The number of amides is 1. The molecular weight excluding hydrogens is 498 g/mol. The van der Waals surface area contributed by atoms with Crippen LogP contribution in [-0.2, 0) is 20.0 Å². The number of primary amides is 1. The van der Waals surface area contributed by atoms with Crippen LogP contribution in [0.15, 0.2) is 35.4 Å². The summed E-state index contributed by atoms with van der Waals surface area (Å²) in [5.41, 5.74) is 9.13. The van der Waals surface area contributed by atoms with Crippen molar-refractivity contribution in [3.63, 3.8) is 0 Å². The maximum atomic E-state index is 13.0. The first-order chi connectivity index (χ1) is 18.9. The standard InChI is InChI=1S/C27H33N9O3/c1-4-6-20-22-23(34(3)33-20)26(38)32-25(31-22)19-13-17(7-8-21(19)39-5-2)16-35-9-11-36(12-10-35)27-29-14-18(15-30-27)24(28)37/h7-8,13-15H,4-6,9-12,16H2,1-3H3,(H2,28,37)(H,31,32,38). The predicted octanol–water partition coefficient (Wildman–Crippen LogP) is 1.89. The van der Waals surface area contributed by atoms with Crippen LogP contribution in [0, 0.1) is 0 Å². The summed E-state index contributed by atoms with van der Waals surface area (Å²) in [6.45, 7) is 8.40. The van der Waals surface area contributed by atoms with E-state index in [2.05, 4.69) is 42.8 Å². The van der Waals surface area contributed by atoms with Gasteiger partial charge in [0.25, 0.3) is 11.5 Å². The number of anilines is 1. The maximum Gasteiger partial charge on any atom is 0.277 e. The number of rotatable bonds is 9. The highest BCUT2D eigenvalue weighted by Crippen LogP contribution is 2.30. The Hall–Kier alpha value is -4.32. The Morgan fingerprint density at radius 3 is 2.54 bits per heavy atom. The molecule has 12 heteroatoms. The number of carbonyl (C=O) groups excluding carboxylic acids is 1. The number of nitrogens with one attached hydrogen (secondary N) is 1. The topological polar surface area (TPSA) is 148 Å². The third-order valence-corrected chi connectivity index (χ3v) is 6.83. The number of benzene rings is 1. The molecule has 0 aliphatic carbocycles. The second-order valence-electron chi connectivity index (χ2n) is 9.59. The van der Waals surface area contributed by atoms with E-state index in [1.54, 1.807) is 11.7 Å². The monoisotopic (exact) mass is 531 g/mol. The first-order valence-electron chi connectivity index (χ1n) is 13.2. The summed E-state index contributed by atoms with van der Waals surface area (Å²) in [7, 11) is 1.77. The predicted molar refractivity (Wildman–Crippen MR) is 148 cm³/mol. The molecule has 12 nitrogen and oxygen atoms in total. The van der Waals surface area contributed by atoms with Gasteiger partial charge < -0.3 is 20.4 Å². The van der Waals surface area contributed by atoms with E-state index in [0.717, 1.165) is 62.4 Å². The average Bonchev–Trinajstić information content (AvgIpc) is 3.25. The van der Waals surface area contributed by atoms with Gasteiger partial charge in [-0.1, -0.05) is 19.4 Å². The van der Waals surface area contributed by atoms with Crippen molar-refractivity contribution in [1.29, 1.82) is 0 Å². The van der Waals surface area contributed by atoms with Gasteiger partial charge in [0.05, 0.1) is 23.4 Å². The van der Waals surface area contributed by atoms with Gasteiger partial charge in [-0.2, -0.15) is 5.10 Å². The Kier molecular flexibility index (Phi) is 7.55. The van der Waals surface area contributed by atoms with Gasteiger partial charge in [-0.15, -0.1) is 0 Å². The number of hydrogen-bond acceptors (Lipinski definition) is 9. The molecular formula is C27H33N9O3. The number of aryl methyl sites for hydroxylation is 2. The Morgan fingerprint density at radius 2 is 1.87 bits per heavy atom. The van der Waals surface area contributed by atoms with E-state index in [1.807, 2.05) is 19.1 Å². The van der Waals surface area contributed by atoms with E-state index >= 15 is 0 Å². The number of hydrogen-bond donors (Lipinski definition) is 2. The van der Waals surface area contributed by atoms with Gasteiger partial charge in [0.2, 0.25) is 5.95 Å². The van der Waals surface area contributed by atoms with Gasteiger partial charge in [-0.3, -0.25) is 19.2 Å². The molecule has 1 saturated heterocycles. The molecule has 4 heterocycles. The van der Waals surface area contributed by atoms with Crippen LogP contribution >= 0.6 is 0 Å². The quantitative estimate of drug-likeness (QED) is 0.330. The number of piperazine rings is 1. The van der Waals surface area contributed by atoms with Crippen molar-refractivity contribution < 1.29 is 9.53 Å². The summed E-state index contributed by atoms with van der Waals surface area (Å²) < 4.78 is 7.52. The summed E-state index contributed by atoms with van der Waals surface area (Å²) >= 11 is 0. The number of carbonyl (C=O) groups is 1. The average molecular weight is 532 g/mol. The number of fused-ring (bicyclic) bond motifs is 1. The normalized spacial score (nSPS) is 14.2. The molecule has 0 atom stereocenters. The van der Waals surface area contributed by atoms with E-state index in [9.17, 15) is 9.59 Å². The number of nitrogens with zero attached hydrogens (tertiary/aromatic N) is 7. The molecule has 0 unspecified atom stereocenters. The minimum atomic E-state index is -0.540. The highest BCUT2D eigenvalue weighted by molar-refractivity contribution is 5.92.